The van der Waals surface area contributed by atoms with Crippen LogP contribution < -0.4 is 0 Å². The average Bonchev–Trinajstić information content (AvgIpc) is 2.63. The molecular formula is C24H38O3. The molecule has 1 rings (SSSR count). The Hall–Kier alpha value is -1.77. The summed E-state index contributed by atoms with van der Waals surface area (Å²) in [6, 6.07) is 7.31. The molecule has 27 heavy (non-hydrogen) atoms. The molecule has 0 saturated heterocycles. The van der Waals surface area contributed by atoms with Crippen molar-refractivity contribution in [3.05, 3.63) is 42.2 Å². The van der Waals surface area contributed by atoms with E-state index in [1.807, 2.05) is 18.2 Å². The third-order valence-electron chi connectivity index (χ3n) is 5.10. The molecule has 0 aliphatic rings. The third kappa shape index (κ3) is 10.8. The van der Waals surface area contributed by atoms with Gasteiger partial charge in [-0.2, -0.15) is 0 Å². The van der Waals surface area contributed by atoms with Crippen molar-refractivity contribution >= 4 is 5.97 Å². The van der Waals surface area contributed by atoms with E-state index in [4.69, 9.17) is 4.74 Å². The first-order valence-corrected chi connectivity index (χ1v) is 10.6. The van der Waals surface area contributed by atoms with Crippen LogP contribution in [0.3, 0.4) is 0 Å². The molecule has 1 aromatic carbocycles. The van der Waals surface area contributed by atoms with Gasteiger partial charge >= 0.3 is 5.97 Å². The average molecular weight is 375 g/mol. The van der Waals surface area contributed by atoms with Crippen molar-refractivity contribution in [3.63, 3.8) is 0 Å². The molecule has 3 nitrogen and oxygen atoms in total. The minimum atomic E-state index is -0.160. The van der Waals surface area contributed by atoms with E-state index in [0.29, 0.717) is 6.42 Å². The molecule has 152 valence electrons. The van der Waals surface area contributed by atoms with Crippen molar-refractivity contribution in [2.45, 2.75) is 96.8 Å². The molecule has 0 fully saturated rings. The van der Waals surface area contributed by atoms with Gasteiger partial charge in [0.1, 0.15) is 5.75 Å². The van der Waals surface area contributed by atoms with Crippen LogP contribution in [-0.2, 0) is 14.9 Å². The van der Waals surface area contributed by atoms with Gasteiger partial charge in [-0.15, -0.1) is 0 Å². The summed E-state index contributed by atoms with van der Waals surface area (Å²) in [6.45, 7) is 6.56. The Morgan fingerprint density at radius 1 is 1.00 bits per heavy atom. The molecule has 0 bridgehead atoms. The highest BCUT2D eigenvalue weighted by atomic mass is 16.5. The smallest absolute Gasteiger partial charge is 0.310 e. The number of hydrogen-bond donors (Lipinski definition) is 1. The number of phenolic OH excluding ortho intramolecular Hbond substituents is 1. The van der Waals surface area contributed by atoms with Gasteiger partial charge in [-0.1, -0.05) is 71.4 Å². The molecular weight excluding hydrogens is 336 g/mol. The van der Waals surface area contributed by atoms with Crippen LogP contribution in [0.1, 0.15) is 97.0 Å². The van der Waals surface area contributed by atoms with E-state index in [0.717, 1.165) is 19.3 Å². The normalized spacial score (nSPS) is 11.8. The van der Waals surface area contributed by atoms with Crippen molar-refractivity contribution in [1.82, 2.24) is 0 Å². The summed E-state index contributed by atoms with van der Waals surface area (Å²) in [4.78, 5) is 11.8. The van der Waals surface area contributed by atoms with Crippen molar-refractivity contribution in [1.29, 1.82) is 0 Å². The van der Waals surface area contributed by atoms with Gasteiger partial charge in [0.15, 0.2) is 0 Å². The van der Waals surface area contributed by atoms with Gasteiger partial charge in [0, 0.05) is 6.42 Å². The molecule has 0 aromatic heterocycles. The predicted octanol–water partition coefficient (Wildman–Crippen LogP) is 7.04. The molecule has 3 heteroatoms. The topological polar surface area (TPSA) is 46.5 Å². The van der Waals surface area contributed by atoms with Gasteiger partial charge in [-0.05, 0) is 54.9 Å². The fourth-order valence-electron chi connectivity index (χ4n) is 3.20. The zero-order valence-corrected chi connectivity index (χ0v) is 17.5. The molecule has 0 radical (unpaired) electrons. The molecule has 0 aliphatic heterocycles. The lowest BCUT2D eigenvalue weighted by Gasteiger charge is -2.25. The van der Waals surface area contributed by atoms with Gasteiger partial charge in [0.05, 0.1) is 6.26 Å². The number of carbonyl (C=O) groups is 1. The standard InChI is InChI=1S/C24H38O3/c1-4-5-6-7-8-9-10-11-12-20-27-23(26)14-13-19-24(2,3)21-15-17-22(25)18-16-21/h12,15-18,20,25H,4-11,13-14,19H2,1-3H3/b20-12+. The fraction of sp³-hybridized carbons (Fsp3) is 0.625. The van der Waals surface area contributed by atoms with E-state index in [2.05, 4.69) is 20.8 Å². The van der Waals surface area contributed by atoms with Crippen LogP contribution in [0.4, 0.5) is 0 Å². The zero-order valence-electron chi connectivity index (χ0n) is 17.5. The Bertz CT molecular complexity index is 543. The van der Waals surface area contributed by atoms with Gasteiger partial charge in [0.2, 0.25) is 0 Å². The molecule has 0 aliphatic carbocycles. The van der Waals surface area contributed by atoms with Crippen molar-refractivity contribution < 1.29 is 14.6 Å². The molecule has 0 heterocycles. The van der Waals surface area contributed by atoms with Gasteiger partial charge in [-0.25, -0.2) is 0 Å². The highest BCUT2D eigenvalue weighted by Gasteiger charge is 2.20. The summed E-state index contributed by atoms with van der Waals surface area (Å²) in [5.74, 6) is 0.119. The molecule has 0 atom stereocenters. The Morgan fingerprint density at radius 3 is 2.30 bits per heavy atom. The number of ether oxygens (including phenoxy) is 1. The maximum absolute atomic E-state index is 11.8. The number of unbranched alkanes of at least 4 members (excludes halogenated alkanes) is 7. The number of rotatable bonds is 14. The Labute approximate surface area is 165 Å². The van der Waals surface area contributed by atoms with Crippen LogP contribution in [-0.4, -0.2) is 11.1 Å². The van der Waals surface area contributed by atoms with Crippen LogP contribution >= 0.6 is 0 Å². The summed E-state index contributed by atoms with van der Waals surface area (Å²) in [5, 5.41) is 9.40. The maximum atomic E-state index is 11.8. The number of aromatic hydroxyl groups is 1. The molecule has 0 amide bonds. The summed E-state index contributed by atoms with van der Waals surface area (Å²) >= 11 is 0. The van der Waals surface area contributed by atoms with Crippen LogP contribution in [0.5, 0.6) is 5.75 Å². The number of phenols is 1. The maximum Gasteiger partial charge on any atom is 0.310 e. The van der Waals surface area contributed by atoms with Crippen molar-refractivity contribution in [3.8, 4) is 5.75 Å². The van der Waals surface area contributed by atoms with Gasteiger partial charge in [-0.3, -0.25) is 4.79 Å². The van der Waals surface area contributed by atoms with E-state index in [1.54, 1.807) is 18.4 Å². The van der Waals surface area contributed by atoms with Crippen molar-refractivity contribution in [2.24, 2.45) is 0 Å². The summed E-state index contributed by atoms with van der Waals surface area (Å²) in [7, 11) is 0. The molecule has 0 unspecified atom stereocenters. The zero-order chi connectivity index (χ0) is 20.0. The largest absolute Gasteiger partial charge is 0.508 e. The number of esters is 1. The first-order chi connectivity index (χ1) is 13.0. The summed E-state index contributed by atoms with van der Waals surface area (Å²) < 4.78 is 5.19. The molecule has 0 saturated carbocycles. The Morgan fingerprint density at radius 2 is 1.63 bits per heavy atom. The fourth-order valence-corrected chi connectivity index (χ4v) is 3.20. The minimum Gasteiger partial charge on any atom is -0.508 e. The lowest BCUT2D eigenvalue weighted by Crippen LogP contribution is -2.17. The van der Waals surface area contributed by atoms with Gasteiger partial charge < -0.3 is 9.84 Å². The van der Waals surface area contributed by atoms with Crippen LogP contribution in [0.15, 0.2) is 36.6 Å². The predicted molar refractivity (Wildman–Crippen MR) is 113 cm³/mol. The minimum absolute atomic E-state index is 0.0268. The van der Waals surface area contributed by atoms with E-state index in [9.17, 15) is 9.90 Å². The summed E-state index contributed by atoms with van der Waals surface area (Å²) in [6.07, 6.45) is 15.7. The van der Waals surface area contributed by atoms with E-state index in [1.165, 1.54) is 50.5 Å². The number of carbonyl (C=O) groups excluding carboxylic acids is 1. The lowest BCUT2D eigenvalue weighted by molar-refractivity contribution is -0.138. The summed E-state index contributed by atoms with van der Waals surface area (Å²) in [5.41, 5.74) is 1.14. The Kier molecular flexibility index (Phi) is 11.6. The van der Waals surface area contributed by atoms with Crippen molar-refractivity contribution in [2.75, 3.05) is 0 Å². The quantitative estimate of drug-likeness (QED) is 0.216. The second-order valence-corrected chi connectivity index (χ2v) is 8.06. The molecule has 1 N–H and O–H groups in total. The molecule has 1 aromatic rings. The van der Waals surface area contributed by atoms with Crippen LogP contribution in [0, 0.1) is 0 Å². The second-order valence-electron chi connectivity index (χ2n) is 8.06. The van der Waals surface area contributed by atoms with Crippen LogP contribution in [0.25, 0.3) is 0 Å². The highest BCUT2D eigenvalue weighted by Crippen LogP contribution is 2.30. The van der Waals surface area contributed by atoms with Gasteiger partial charge in [0.25, 0.3) is 0 Å². The highest BCUT2D eigenvalue weighted by molar-refractivity contribution is 5.69. The number of allylic oxidation sites excluding steroid dienone is 1. The first-order valence-electron chi connectivity index (χ1n) is 10.6. The first kappa shape index (κ1) is 23.3. The van der Waals surface area contributed by atoms with E-state index < -0.39 is 0 Å². The molecule has 0 spiro atoms. The lowest BCUT2D eigenvalue weighted by atomic mass is 9.80. The number of hydrogen-bond acceptors (Lipinski definition) is 3. The Balaban J connectivity index is 2.10. The van der Waals surface area contributed by atoms with E-state index in [-0.39, 0.29) is 17.1 Å². The third-order valence-corrected chi connectivity index (χ3v) is 5.10. The van der Waals surface area contributed by atoms with E-state index >= 15 is 0 Å². The SMILES string of the molecule is CCCCCCCCC/C=C/OC(=O)CCCC(C)(C)c1ccc(O)cc1. The van der Waals surface area contributed by atoms with Crippen LogP contribution in [0.2, 0.25) is 0 Å². The monoisotopic (exact) mass is 374 g/mol. The number of benzene rings is 1. The second kappa shape index (κ2) is 13.4.